The Morgan fingerprint density at radius 1 is 0.371 bits per heavy atom. The quantitative estimate of drug-likeness (QED) is 0.0356. The minimum Gasteiger partial charge on any atom is -0.457 e. The molecule has 1 atom stereocenters. The molecule has 62 heavy (non-hydrogen) atoms. The van der Waals surface area contributed by atoms with Gasteiger partial charge in [0.15, 0.2) is 0 Å². The summed E-state index contributed by atoms with van der Waals surface area (Å²) in [6.45, 7) is 4.84. The molecule has 0 fully saturated rings. The van der Waals surface area contributed by atoms with Gasteiger partial charge in [0.1, 0.15) is 6.10 Å². The van der Waals surface area contributed by atoms with E-state index in [0.717, 1.165) is 32.1 Å². The molecule has 0 radical (unpaired) electrons. The Hall–Kier alpha value is -0.460. The van der Waals surface area contributed by atoms with Gasteiger partial charge in [0.2, 0.25) is 0 Å². The molecule has 0 aliphatic rings. The van der Waals surface area contributed by atoms with Gasteiger partial charge in [-0.25, -0.2) is 4.57 Å². The average molecular weight is 901 g/mol. The Kier molecular flexibility index (Phi) is 51.1. The fourth-order valence-electron chi connectivity index (χ4n) is 8.80. The number of ether oxygens (including phenoxy) is 2. The molecule has 0 unspecified atom stereocenters. The van der Waals surface area contributed by atoms with Gasteiger partial charge in [0, 0.05) is 13.0 Å². The lowest BCUT2D eigenvalue weighted by atomic mass is 10.0. The highest BCUT2D eigenvalue weighted by Crippen LogP contribution is 2.36. The van der Waals surface area contributed by atoms with Crippen LogP contribution >= 0.6 is 7.82 Å². The largest absolute Gasteiger partial charge is 0.469 e. The number of phosphoric acid groups is 1. The number of phosphoric ester groups is 1. The highest BCUT2D eigenvalue weighted by molar-refractivity contribution is 7.46. The Morgan fingerprint density at radius 3 is 0.871 bits per heavy atom. The van der Waals surface area contributed by atoms with Gasteiger partial charge in [0.05, 0.1) is 13.2 Å². The number of hydrogen-bond donors (Lipinski definition) is 2. The third-order valence-corrected chi connectivity index (χ3v) is 13.4. The Balaban J connectivity index is 3.59. The summed E-state index contributed by atoms with van der Waals surface area (Å²) in [5, 5.41) is 0. The molecule has 0 aromatic rings. The second kappa shape index (κ2) is 51.5. The summed E-state index contributed by atoms with van der Waals surface area (Å²) >= 11 is 0. The molecule has 0 saturated heterocycles. The highest BCUT2D eigenvalue weighted by Gasteiger charge is 2.21. The fourth-order valence-corrected chi connectivity index (χ4v) is 9.16. The standard InChI is InChI=1S/C54H109O7P/c1-3-5-7-9-11-13-15-17-19-21-23-24-25-26-27-28-29-30-31-32-33-35-37-39-41-43-45-47-49-54(55)61-53(52-60-62(56,57)58)51-59-50-48-46-44-42-40-38-36-34-22-20-18-16-14-12-10-8-6-4-2/h53H,3-52H2,1-2H3,(H2,56,57,58)/t53-/m1/s1. The first-order chi connectivity index (χ1) is 30.4. The van der Waals surface area contributed by atoms with Crippen molar-refractivity contribution in [3.8, 4) is 0 Å². The maximum atomic E-state index is 12.5. The summed E-state index contributed by atoms with van der Waals surface area (Å²) in [4.78, 5) is 30.8. The summed E-state index contributed by atoms with van der Waals surface area (Å²) in [7, 11) is -4.65. The van der Waals surface area contributed by atoms with Crippen molar-refractivity contribution >= 4 is 13.8 Å². The van der Waals surface area contributed by atoms with Gasteiger partial charge in [0.25, 0.3) is 0 Å². The van der Waals surface area contributed by atoms with E-state index >= 15 is 0 Å². The zero-order valence-electron chi connectivity index (χ0n) is 41.8. The Bertz CT molecular complexity index is 911. The van der Waals surface area contributed by atoms with Crippen LogP contribution in [0.2, 0.25) is 0 Å². The van der Waals surface area contributed by atoms with Crippen molar-refractivity contribution < 1.29 is 33.1 Å². The zero-order chi connectivity index (χ0) is 45.1. The molecule has 2 N–H and O–H groups in total. The molecule has 0 heterocycles. The van der Waals surface area contributed by atoms with Gasteiger partial charge in [-0.3, -0.25) is 9.32 Å². The number of carbonyl (C=O) groups is 1. The monoisotopic (exact) mass is 901 g/mol. The maximum Gasteiger partial charge on any atom is 0.469 e. The molecule has 0 aliphatic heterocycles. The Labute approximate surface area is 387 Å². The first kappa shape index (κ1) is 61.5. The number of unbranched alkanes of at least 4 members (excludes halogenated alkanes) is 44. The van der Waals surface area contributed by atoms with Crippen molar-refractivity contribution in [3.63, 3.8) is 0 Å². The van der Waals surface area contributed by atoms with E-state index in [1.54, 1.807) is 0 Å². The van der Waals surface area contributed by atoms with Gasteiger partial charge in [-0.1, -0.05) is 296 Å². The highest BCUT2D eigenvalue weighted by atomic mass is 31.2. The van der Waals surface area contributed by atoms with Crippen LogP contribution in [-0.2, 0) is 23.4 Å². The van der Waals surface area contributed by atoms with Crippen molar-refractivity contribution in [2.75, 3.05) is 19.8 Å². The molecule has 0 rings (SSSR count). The lowest BCUT2D eigenvalue weighted by molar-refractivity contribution is -0.154. The van der Waals surface area contributed by atoms with Crippen LogP contribution in [0.3, 0.4) is 0 Å². The smallest absolute Gasteiger partial charge is 0.457 e. The first-order valence-corrected chi connectivity index (χ1v) is 29.4. The molecule has 8 heteroatoms. The summed E-state index contributed by atoms with van der Waals surface area (Å²) in [5.41, 5.74) is 0. The van der Waals surface area contributed by atoms with Crippen LogP contribution in [0.15, 0.2) is 0 Å². The van der Waals surface area contributed by atoms with Gasteiger partial charge < -0.3 is 19.3 Å². The molecule has 0 bridgehead atoms. The van der Waals surface area contributed by atoms with Crippen molar-refractivity contribution in [3.05, 3.63) is 0 Å². The number of carbonyl (C=O) groups excluding carboxylic acids is 1. The van der Waals surface area contributed by atoms with E-state index in [1.165, 1.54) is 263 Å². The third kappa shape index (κ3) is 53.9. The number of esters is 1. The average Bonchev–Trinajstić information content (AvgIpc) is 3.25. The first-order valence-electron chi connectivity index (χ1n) is 27.9. The number of rotatable bonds is 54. The van der Waals surface area contributed by atoms with E-state index in [-0.39, 0.29) is 19.2 Å². The normalized spacial score (nSPS) is 12.4. The predicted octanol–water partition coefficient (Wildman–Crippen LogP) is 18.4. The summed E-state index contributed by atoms with van der Waals surface area (Å²) in [5.74, 6) is -0.351. The van der Waals surface area contributed by atoms with Crippen LogP contribution in [-0.4, -0.2) is 41.7 Å². The van der Waals surface area contributed by atoms with E-state index in [0.29, 0.717) is 13.0 Å². The van der Waals surface area contributed by atoms with Crippen molar-refractivity contribution in [1.29, 1.82) is 0 Å². The van der Waals surface area contributed by atoms with Crippen molar-refractivity contribution in [1.82, 2.24) is 0 Å². The van der Waals surface area contributed by atoms with Crippen LogP contribution < -0.4 is 0 Å². The molecule has 0 spiro atoms. The fraction of sp³-hybridized carbons (Fsp3) is 0.981. The van der Waals surface area contributed by atoms with E-state index in [9.17, 15) is 9.36 Å². The summed E-state index contributed by atoms with van der Waals surface area (Å²) < 4.78 is 27.2. The molecule has 0 aromatic heterocycles. The van der Waals surface area contributed by atoms with Gasteiger partial charge in [-0.05, 0) is 12.8 Å². The zero-order valence-corrected chi connectivity index (χ0v) is 42.7. The topological polar surface area (TPSA) is 102 Å². The van der Waals surface area contributed by atoms with Crippen molar-refractivity contribution in [2.24, 2.45) is 0 Å². The van der Waals surface area contributed by atoms with Crippen LogP contribution in [0.25, 0.3) is 0 Å². The van der Waals surface area contributed by atoms with Crippen LogP contribution in [0.4, 0.5) is 0 Å². The lowest BCUT2D eigenvalue weighted by Crippen LogP contribution is -2.28. The SMILES string of the molecule is CCCCCCCCCCCCCCCCCCCCCCCCCCCCCCC(=O)O[C@H](COCCCCCCCCCCCCCCCCCCCC)COP(=O)(O)O. The van der Waals surface area contributed by atoms with Crippen molar-refractivity contribution in [2.45, 2.75) is 322 Å². The van der Waals surface area contributed by atoms with E-state index < -0.39 is 13.9 Å². The predicted molar refractivity (Wildman–Crippen MR) is 267 cm³/mol. The van der Waals surface area contributed by atoms with E-state index in [2.05, 4.69) is 18.4 Å². The molecule has 7 nitrogen and oxygen atoms in total. The van der Waals surface area contributed by atoms with E-state index in [4.69, 9.17) is 19.3 Å². The van der Waals surface area contributed by atoms with Gasteiger partial charge in [-0.2, -0.15) is 0 Å². The second-order valence-corrected chi connectivity index (χ2v) is 20.5. The maximum absolute atomic E-state index is 12.5. The molecule has 372 valence electrons. The molecular weight excluding hydrogens is 792 g/mol. The molecule has 0 aliphatic carbocycles. The second-order valence-electron chi connectivity index (χ2n) is 19.3. The molecule has 0 saturated carbocycles. The number of hydrogen-bond acceptors (Lipinski definition) is 5. The Morgan fingerprint density at radius 2 is 0.613 bits per heavy atom. The van der Waals surface area contributed by atoms with Crippen LogP contribution in [0.5, 0.6) is 0 Å². The van der Waals surface area contributed by atoms with Crippen LogP contribution in [0, 0.1) is 0 Å². The molecule has 0 aromatic carbocycles. The van der Waals surface area contributed by atoms with E-state index in [1.807, 2.05) is 0 Å². The minimum absolute atomic E-state index is 0.0876. The third-order valence-electron chi connectivity index (χ3n) is 12.9. The summed E-state index contributed by atoms with van der Waals surface area (Å²) in [6.07, 6.45) is 61.4. The lowest BCUT2D eigenvalue weighted by Gasteiger charge is -2.18. The molecular formula is C54H109O7P. The van der Waals surface area contributed by atoms with Gasteiger partial charge >= 0.3 is 13.8 Å². The van der Waals surface area contributed by atoms with Gasteiger partial charge in [-0.15, -0.1) is 0 Å². The molecule has 0 amide bonds. The van der Waals surface area contributed by atoms with Crippen LogP contribution in [0.1, 0.15) is 316 Å². The summed E-state index contributed by atoms with van der Waals surface area (Å²) in [6, 6.07) is 0. The minimum atomic E-state index is -4.65.